The number of carbonyl (C=O) groups excluding carboxylic acids is 5. The Morgan fingerprint density at radius 2 is 1.45 bits per heavy atom. The fraction of sp³-hybridized carbons (Fsp3) is 0.588. The first-order valence-corrected chi connectivity index (χ1v) is 18.1. The monoisotopic (exact) mass is 675 g/mol. The Labute approximate surface area is 278 Å². The highest BCUT2D eigenvalue weighted by molar-refractivity contribution is 6.74. The number of pyridine rings is 1. The molecule has 1 aromatic heterocycles. The molecule has 0 unspecified atom stereocenters. The molecule has 47 heavy (non-hydrogen) atoms. The number of rotatable bonds is 16. The lowest BCUT2D eigenvalue weighted by molar-refractivity contribution is -0.169. The van der Waals surface area contributed by atoms with Crippen LogP contribution < -0.4 is 0 Å². The van der Waals surface area contributed by atoms with Gasteiger partial charge in [-0.15, -0.1) is 6.58 Å². The molecule has 1 heterocycles. The van der Waals surface area contributed by atoms with Gasteiger partial charge in [0.2, 0.25) is 0 Å². The third-order valence-electron chi connectivity index (χ3n) is 9.38. The summed E-state index contributed by atoms with van der Waals surface area (Å²) in [6.07, 6.45) is 5.11. The van der Waals surface area contributed by atoms with Gasteiger partial charge < -0.3 is 28.1 Å². The van der Waals surface area contributed by atoms with E-state index >= 15 is 0 Å². The Morgan fingerprint density at radius 3 is 1.91 bits per heavy atom. The van der Waals surface area contributed by atoms with Crippen LogP contribution in [0.3, 0.4) is 0 Å². The minimum atomic E-state index is -2.32. The zero-order chi connectivity index (χ0) is 35.8. The number of ether oxygens (including phenoxy) is 5. The minimum Gasteiger partial charge on any atom is -0.468 e. The van der Waals surface area contributed by atoms with Crippen molar-refractivity contribution in [1.29, 1.82) is 0 Å². The lowest BCUT2D eigenvalue weighted by atomic mass is 9.79. The smallest absolute Gasteiger partial charge is 0.323 e. The molecule has 1 aliphatic carbocycles. The van der Waals surface area contributed by atoms with Crippen LogP contribution in [0.5, 0.6) is 0 Å². The van der Waals surface area contributed by atoms with Gasteiger partial charge in [0.05, 0.1) is 41.2 Å². The maximum absolute atomic E-state index is 13.3. The van der Waals surface area contributed by atoms with E-state index in [1.54, 1.807) is 36.4 Å². The Hall–Kier alpha value is -3.84. The molecule has 1 aliphatic rings. The fourth-order valence-electron chi connectivity index (χ4n) is 5.46. The van der Waals surface area contributed by atoms with E-state index in [1.807, 2.05) is 0 Å². The lowest BCUT2D eigenvalue weighted by Gasteiger charge is -2.40. The first-order valence-electron chi connectivity index (χ1n) is 15.2. The third kappa shape index (κ3) is 8.18. The van der Waals surface area contributed by atoms with E-state index in [2.05, 4.69) is 45.4 Å². The van der Waals surface area contributed by atoms with Crippen LogP contribution in [-0.4, -0.2) is 84.3 Å². The molecule has 0 aliphatic heterocycles. The number of methoxy groups -OCH3 is 5. The molecule has 0 N–H and O–H groups in total. The minimum absolute atomic E-state index is 0.116. The average molecular weight is 676 g/mol. The number of esters is 5. The molecule has 260 valence electrons. The predicted molar refractivity (Wildman–Crippen MR) is 174 cm³/mol. The van der Waals surface area contributed by atoms with Crippen molar-refractivity contribution in [3.05, 3.63) is 54.4 Å². The maximum atomic E-state index is 13.3. The summed E-state index contributed by atoms with van der Waals surface area (Å²) in [6, 6.07) is 4.83. The molecule has 1 fully saturated rings. The highest BCUT2D eigenvalue weighted by atomic mass is 28.4. The van der Waals surface area contributed by atoms with Crippen molar-refractivity contribution in [1.82, 2.24) is 4.98 Å². The van der Waals surface area contributed by atoms with Crippen LogP contribution in [0.25, 0.3) is 0 Å². The number of nitrogens with zero attached hydrogens (tertiary/aromatic N) is 1. The van der Waals surface area contributed by atoms with Crippen LogP contribution in [0.1, 0.15) is 51.4 Å². The fourth-order valence-corrected chi connectivity index (χ4v) is 7.03. The van der Waals surface area contributed by atoms with E-state index in [-0.39, 0.29) is 30.7 Å². The van der Waals surface area contributed by atoms with Gasteiger partial charge >= 0.3 is 29.8 Å². The molecule has 13 heteroatoms. The van der Waals surface area contributed by atoms with Crippen molar-refractivity contribution in [2.24, 2.45) is 16.7 Å². The molecule has 0 saturated heterocycles. The van der Waals surface area contributed by atoms with Gasteiger partial charge in [0, 0.05) is 24.2 Å². The van der Waals surface area contributed by atoms with Crippen LogP contribution in [-0.2, 0) is 64.9 Å². The predicted octanol–water partition coefficient (Wildman–Crippen LogP) is 4.31. The van der Waals surface area contributed by atoms with E-state index in [0.29, 0.717) is 17.8 Å². The van der Waals surface area contributed by atoms with Crippen LogP contribution >= 0.6 is 0 Å². The zero-order valence-electron chi connectivity index (χ0n) is 29.2. The molecule has 0 amide bonds. The quantitative estimate of drug-likeness (QED) is 0.0807. The van der Waals surface area contributed by atoms with Gasteiger partial charge in [0.15, 0.2) is 19.7 Å². The van der Waals surface area contributed by atoms with Crippen molar-refractivity contribution in [3.63, 3.8) is 0 Å². The van der Waals surface area contributed by atoms with E-state index in [9.17, 15) is 24.0 Å². The molecule has 2 atom stereocenters. The summed E-state index contributed by atoms with van der Waals surface area (Å²) in [5.41, 5.74) is -3.16. The topological polar surface area (TPSA) is 154 Å². The molecule has 0 aromatic carbocycles. The van der Waals surface area contributed by atoms with Crippen LogP contribution in [0.2, 0.25) is 18.1 Å². The summed E-state index contributed by atoms with van der Waals surface area (Å²) in [6.45, 7) is 14.5. The van der Waals surface area contributed by atoms with E-state index < -0.39 is 60.5 Å². The highest BCUT2D eigenvalue weighted by Crippen LogP contribution is 2.65. The summed E-state index contributed by atoms with van der Waals surface area (Å²) < 4.78 is 31.6. The maximum Gasteiger partial charge on any atom is 0.323 e. The number of aromatic nitrogens is 1. The summed E-state index contributed by atoms with van der Waals surface area (Å²) in [7, 11) is 3.65. The van der Waals surface area contributed by atoms with Crippen LogP contribution in [0.4, 0.5) is 0 Å². The number of hydrogen-bond acceptors (Lipinski definition) is 12. The van der Waals surface area contributed by atoms with Crippen LogP contribution in [0.15, 0.2) is 43.0 Å². The van der Waals surface area contributed by atoms with Gasteiger partial charge in [-0.3, -0.25) is 29.0 Å². The standard InChI is InChI=1S/C34H49NO11Si/c1-12-34(46-47(10,11)31(2,3)4)22-33(34,30(40)45-9)19-14-13-18-32(28(38)43-7,29(39)44-8)21-24-17-15-16-23(35-24)20-25(26(36)41-5)27(37)42-6/h12-17,25H,1,18-22H2,2-11H3/b14-13+/t33-,34+/m1/s1. The Morgan fingerprint density at radius 1 is 0.894 bits per heavy atom. The summed E-state index contributed by atoms with van der Waals surface area (Å²) in [5.74, 6) is -4.97. The Balaban J connectivity index is 2.44. The summed E-state index contributed by atoms with van der Waals surface area (Å²) in [4.78, 5) is 68.8. The Bertz CT molecular complexity index is 1350. The van der Waals surface area contributed by atoms with Crippen molar-refractivity contribution >= 4 is 38.2 Å². The summed E-state index contributed by atoms with van der Waals surface area (Å²) >= 11 is 0. The highest BCUT2D eigenvalue weighted by Gasteiger charge is 2.73. The van der Waals surface area contributed by atoms with E-state index in [0.717, 1.165) is 28.4 Å². The Kier molecular flexibility index (Phi) is 12.9. The van der Waals surface area contributed by atoms with Gasteiger partial charge in [-0.2, -0.15) is 0 Å². The molecule has 0 bridgehead atoms. The van der Waals surface area contributed by atoms with Gasteiger partial charge in [0.25, 0.3) is 0 Å². The number of hydrogen-bond donors (Lipinski definition) is 0. The first kappa shape index (κ1) is 39.3. The van der Waals surface area contributed by atoms with Crippen LogP contribution in [0, 0.1) is 16.7 Å². The van der Waals surface area contributed by atoms with E-state index in [4.69, 9.17) is 28.1 Å². The van der Waals surface area contributed by atoms with E-state index in [1.165, 1.54) is 7.11 Å². The number of allylic oxidation sites excluding steroid dienone is 2. The third-order valence-corrected chi connectivity index (χ3v) is 13.9. The largest absolute Gasteiger partial charge is 0.468 e. The first-order chi connectivity index (χ1) is 21.9. The molecular weight excluding hydrogens is 626 g/mol. The SMILES string of the molecule is C=C[C@]1(O[Si](C)(C)C(C)(C)C)C[C@]1(C/C=C/CC(Cc1cccc(CC(C(=O)OC)C(=O)OC)n1)(C(=O)OC)C(=O)OC)C(=O)OC. The van der Waals surface area contributed by atoms with Crippen molar-refractivity contribution in [2.45, 2.75) is 76.6 Å². The van der Waals surface area contributed by atoms with Gasteiger partial charge in [-0.25, -0.2) is 0 Å². The molecule has 12 nitrogen and oxygen atoms in total. The molecule has 1 aromatic rings. The average Bonchev–Trinajstić information content (AvgIpc) is 3.69. The normalized spacial score (nSPS) is 19.6. The zero-order valence-corrected chi connectivity index (χ0v) is 30.2. The molecule has 2 rings (SSSR count). The van der Waals surface area contributed by atoms with Crippen molar-refractivity contribution in [2.75, 3.05) is 35.5 Å². The van der Waals surface area contributed by atoms with Gasteiger partial charge in [-0.05, 0) is 49.5 Å². The second-order valence-corrected chi connectivity index (χ2v) is 18.0. The second kappa shape index (κ2) is 15.4. The molecule has 0 radical (unpaired) electrons. The molecular formula is C34H49NO11Si. The van der Waals surface area contributed by atoms with Gasteiger partial charge in [-0.1, -0.05) is 45.1 Å². The lowest BCUT2D eigenvalue weighted by Crippen LogP contribution is -2.47. The van der Waals surface area contributed by atoms with Crippen molar-refractivity contribution in [3.8, 4) is 0 Å². The summed E-state index contributed by atoms with van der Waals surface area (Å²) in [5, 5.41) is -0.116. The second-order valence-electron chi connectivity index (χ2n) is 13.3. The molecule has 0 spiro atoms. The van der Waals surface area contributed by atoms with Crippen molar-refractivity contribution < 1.29 is 52.1 Å². The number of carbonyl (C=O) groups is 5. The van der Waals surface area contributed by atoms with Gasteiger partial charge in [0.1, 0.15) is 5.41 Å². The molecule has 1 saturated carbocycles.